The fourth-order valence-electron chi connectivity index (χ4n) is 3.13. The van der Waals surface area contributed by atoms with Crippen LogP contribution in [0.5, 0.6) is 5.75 Å². The number of amides is 4. The van der Waals surface area contributed by atoms with Gasteiger partial charge in [-0.1, -0.05) is 24.0 Å². The van der Waals surface area contributed by atoms with Crippen molar-refractivity contribution in [3.63, 3.8) is 0 Å². The molecule has 0 unspecified atom stereocenters. The summed E-state index contributed by atoms with van der Waals surface area (Å²) in [7, 11) is 1.53. The van der Waals surface area contributed by atoms with E-state index in [4.69, 9.17) is 4.74 Å². The Hall–Kier alpha value is -3.31. The summed E-state index contributed by atoms with van der Waals surface area (Å²) in [4.78, 5) is 39.3. The summed E-state index contributed by atoms with van der Waals surface area (Å²) < 4.78 is 5.17. The van der Waals surface area contributed by atoms with Gasteiger partial charge < -0.3 is 15.0 Å². The lowest BCUT2D eigenvalue weighted by molar-refractivity contribution is -0.122. The molecule has 4 amide bonds. The van der Waals surface area contributed by atoms with Crippen molar-refractivity contribution in [3.05, 3.63) is 51.7 Å². The van der Waals surface area contributed by atoms with Gasteiger partial charge in [0.15, 0.2) is 0 Å². The zero-order chi connectivity index (χ0) is 19.0. The molecule has 1 atom stereocenters. The number of carbonyl (C=O) groups excluding carboxylic acids is 3. The Morgan fingerprint density at radius 1 is 1.30 bits per heavy atom. The fraction of sp³-hybridized carbons (Fsp3) is 0.211. The van der Waals surface area contributed by atoms with Crippen LogP contribution in [0.15, 0.2) is 35.7 Å². The lowest BCUT2D eigenvalue weighted by Crippen LogP contribution is -2.54. The molecule has 0 spiro atoms. The van der Waals surface area contributed by atoms with Crippen molar-refractivity contribution in [1.29, 1.82) is 0 Å². The van der Waals surface area contributed by atoms with Gasteiger partial charge in [-0.15, -0.1) is 11.3 Å². The molecule has 136 valence electrons. The molecule has 0 radical (unpaired) electrons. The minimum Gasteiger partial charge on any atom is -0.497 e. The van der Waals surface area contributed by atoms with Crippen LogP contribution < -0.4 is 15.4 Å². The summed E-state index contributed by atoms with van der Waals surface area (Å²) in [5.74, 6) is 5.60. The molecule has 4 rings (SSSR count). The third kappa shape index (κ3) is 3.02. The molecule has 1 aromatic carbocycles. The van der Waals surface area contributed by atoms with Gasteiger partial charge in [-0.2, -0.15) is 0 Å². The third-order valence-corrected chi connectivity index (χ3v) is 5.27. The number of hydrogen-bond donors (Lipinski definition) is 2. The largest absolute Gasteiger partial charge is 0.497 e. The van der Waals surface area contributed by atoms with Gasteiger partial charge in [-0.05, 0) is 29.1 Å². The number of imide groups is 1. The first kappa shape index (κ1) is 17.1. The number of fused-ring (bicyclic) bond motifs is 1. The Morgan fingerprint density at radius 3 is 2.81 bits per heavy atom. The summed E-state index contributed by atoms with van der Waals surface area (Å²) in [6, 6.07) is 8.34. The minimum atomic E-state index is -1.48. The first-order chi connectivity index (χ1) is 13.0. The second-order valence-electron chi connectivity index (χ2n) is 6.23. The minimum absolute atomic E-state index is 0.0429. The van der Waals surface area contributed by atoms with Gasteiger partial charge in [0.1, 0.15) is 5.75 Å². The number of benzene rings is 1. The Labute approximate surface area is 159 Å². The van der Waals surface area contributed by atoms with Crippen LogP contribution in [0.25, 0.3) is 0 Å². The maximum atomic E-state index is 12.8. The van der Waals surface area contributed by atoms with Crippen molar-refractivity contribution in [2.24, 2.45) is 0 Å². The monoisotopic (exact) mass is 381 g/mol. The summed E-state index contributed by atoms with van der Waals surface area (Å²) in [6.07, 6.45) is 0. The number of nitrogens with one attached hydrogen (secondary N) is 2. The van der Waals surface area contributed by atoms with Crippen LogP contribution in [0.4, 0.5) is 4.79 Å². The number of hydrogen-bond acceptors (Lipinski definition) is 5. The number of ether oxygens (including phenoxy) is 1. The highest BCUT2D eigenvalue weighted by atomic mass is 32.1. The van der Waals surface area contributed by atoms with Crippen LogP contribution in [0, 0.1) is 11.8 Å². The van der Waals surface area contributed by atoms with Gasteiger partial charge in [0.05, 0.1) is 18.5 Å². The predicted octanol–water partition coefficient (Wildman–Crippen LogP) is 1.34. The number of nitrogens with zero attached hydrogens (tertiary/aromatic N) is 1. The molecule has 1 aromatic heterocycles. The first-order valence-electron chi connectivity index (χ1n) is 8.17. The van der Waals surface area contributed by atoms with E-state index in [0.29, 0.717) is 17.9 Å². The van der Waals surface area contributed by atoms with Gasteiger partial charge in [0.25, 0.3) is 11.8 Å². The zero-order valence-corrected chi connectivity index (χ0v) is 15.2. The Bertz CT molecular complexity index is 1010. The van der Waals surface area contributed by atoms with Crippen LogP contribution in [0.3, 0.4) is 0 Å². The average Bonchev–Trinajstić information content (AvgIpc) is 3.34. The summed E-state index contributed by atoms with van der Waals surface area (Å²) >= 11 is 1.43. The molecule has 2 aliphatic heterocycles. The highest BCUT2D eigenvalue weighted by Gasteiger charge is 2.48. The average molecular weight is 381 g/mol. The van der Waals surface area contributed by atoms with E-state index >= 15 is 0 Å². The Kier molecular flexibility index (Phi) is 4.09. The van der Waals surface area contributed by atoms with E-state index < -0.39 is 17.5 Å². The molecule has 0 aliphatic carbocycles. The number of urea groups is 1. The van der Waals surface area contributed by atoms with E-state index in [1.54, 1.807) is 12.1 Å². The molecule has 8 heteroatoms. The molecule has 0 saturated carbocycles. The molecule has 7 nitrogen and oxygen atoms in total. The maximum absolute atomic E-state index is 12.8. The standard InChI is InChI=1S/C19H15N3O4S/c1-26-13-5-4-12-10-22(16(23)15(12)9-13)11-19(17(24)20-18(25)21-19)7-6-14-3-2-8-27-14/h2-5,8-9H,10-11H2,1H3,(H2,20,21,24,25)/t19-/m1/s1. The fourth-order valence-corrected chi connectivity index (χ4v) is 3.70. The number of rotatable bonds is 3. The highest BCUT2D eigenvalue weighted by molar-refractivity contribution is 7.10. The van der Waals surface area contributed by atoms with E-state index in [1.165, 1.54) is 23.3 Å². The maximum Gasteiger partial charge on any atom is 0.323 e. The molecule has 2 N–H and O–H groups in total. The highest BCUT2D eigenvalue weighted by Crippen LogP contribution is 2.28. The van der Waals surface area contributed by atoms with Crippen molar-refractivity contribution in [2.75, 3.05) is 13.7 Å². The topological polar surface area (TPSA) is 87.7 Å². The van der Waals surface area contributed by atoms with Crippen LogP contribution >= 0.6 is 11.3 Å². The number of thiophene rings is 1. The second kappa shape index (κ2) is 6.45. The molecular formula is C19H15N3O4S. The van der Waals surface area contributed by atoms with E-state index in [9.17, 15) is 14.4 Å². The molecule has 1 fully saturated rings. The first-order valence-corrected chi connectivity index (χ1v) is 9.05. The van der Waals surface area contributed by atoms with Gasteiger partial charge in [-0.25, -0.2) is 4.79 Å². The van der Waals surface area contributed by atoms with Crippen LogP contribution in [0.1, 0.15) is 20.8 Å². The third-order valence-electron chi connectivity index (χ3n) is 4.49. The van der Waals surface area contributed by atoms with Crippen molar-refractivity contribution in [3.8, 4) is 17.6 Å². The van der Waals surface area contributed by atoms with Gasteiger partial charge in [0, 0.05) is 12.1 Å². The molecule has 2 aromatic rings. The molecule has 27 heavy (non-hydrogen) atoms. The lowest BCUT2D eigenvalue weighted by Gasteiger charge is -2.26. The SMILES string of the molecule is COc1ccc2c(c1)C(=O)N(C[C@@]1(C#Cc3cccs3)NC(=O)NC1=O)C2. The molecule has 0 bridgehead atoms. The van der Waals surface area contributed by atoms with Crippen molar-refractivity contribution < 1.29 is 19.1 Å². The zero-order valence-electron chi connectivity index (χ0n) is 14.4. The Balaban J connectivity index is 1.64. The molecule has 3 heterocycles. The number of carbonyl (C=O) groups is 3. The molecule has 1 saturated heterocycles. The van der Waals surface area contributed by atoms with Crippen LogP contribution in [-0.4, -0.2) is 41.9 Å². The van der Waals surface area contributed by atoms with Crippen molar-refractivity contribution in [1.82, 2.24) is 15.5 Å². The summed E-state index contributed by atoms with van der Waals surface area (Å²) in [5, 5.41) is 6.68. The smallest absolute Gasteiger partial charge is 0.323 e. The predicted molar refractivity (Wildman–Crippen MR) is 98.3 cm³/mol. The van der Waals surface area contributed by atoms with E-state index in [-0.39, 0.29) is 12.5 Å². The van der Waals surface area contributed by atoms with E-state index in [0.717, 1.165) is 10.4 Å². The normalized spacial score (nSPS) is 20.6. The van der Waals surface area contributed by atoms with E-state index in [1.807, 2.05) is 23.6 Å². The quantitative estimate of drug-likeness (QED) is 0.621. The number of methoxy groups -OCH3 is 1. The van der Waals surface area contributed by atoms with Crippen molar-refractivity contribution >= 4 is 29.2 Å². The van der Waals surface area contributed by atoms with Gasteiger partial charge in [-0.3, -0.25) is 14.9 Å². The van der Waals surface area contributed by atoms with Crippen LogP contribution in [-0.2, 0) is 11.3 Å². The van der Waals surface area contributed by atoms with Crippen LogP contribution in [0.2, 0.25) is 0 Å². The summed E-state index contributed by atoms with van der Waals surface area (Å²) in [5.41, 5.74) is -0.115. The summed E-state index contributed by atoms with van der Waals surface area (Å²) in [6.45, 7) is 0.294. The van der Waals surface area contributed by atoms with E-state index in [2.05, 4.69) is 22.5 Å². The Morgan fingerprint density at radius 2 is 2.15 bits per heavy atom. The molecular weight excluding hydrogens is 366 g/mol. The van der Waals surface area contributed by atoms with Crippen molar-refractivity contribution in [2.45, 2.75) is 12.1 Å². The lowest BCUT2D eigenvalue weighted by atomic mass is 9.99. The second-order valence-corrected chi connectivity index (χ2v) is 7.17. The van der Waals surface area contributed by atoms with Gasteiger partial charge >= 0.3 is 6.03 Å². The molecule has 2 aliphatic rings. The van der Waals surface area contributed by atoms with Gasteiger partial charge in [0.2, 0.25) is 5.54 Å².